The zero-order valence-electron chi connectivity index (χ0n) is 20.0. The van der Waals surface area contributed by atoms with Crippen molar-refractivity contribution >= 4 is 22.4 Å². The molecule has 0 aliphatic carbocycles. The smallest absolute Gasteiger partial charge is 0.175 e. The number of rotatable bonds is 7. The number of benzene rings is 2. The Morgan fingerprint density at radius 3 is 2.61 bits per heavy atom. The van der Waals surface area contributed by atoms with Crippen molar-refractivity contribution in [2.75, 3.05) is 10.6 Å². The van der Waals surface area contributed by atoms with Gasteiger partial charge in [0, 0.05) is 29.0 Å². The van der Waals surface area contributed by atoms with Gasteiger partial charge in [-0.2, -0.15) is 0 Å². The van der Waals surface area contributed by atoms with Crippen LogP contribution in [0, 0.1) is 6.92 Å². The van der Waals surface area contributed by atoms with Crippen LogP contribution in [-0.2, 0) is 18.3 Å². The van der Waals surface area contributed by atoms with Crippen LogP contribution in [0.4, 0.5) is 11.5 Å². The largest absolute Gasteiger partial charge is 0.359 e. The predicted octanol–water partition coefficient (Wildman–Crippen LogP) is 6.37. The summed E-state index contributed by atoms with van der Waals surface area (Å²) in [7, 11) is 0. The topological polar surface area (TPSA) is 75.9 Å². The van der Waals surface area contributed by atoms with Gasteiger partial charge < -0.3 is 15.2 Å². The van der Waals surface area contributed by atoms with E-state index in [0.29, 0.717) is 11.6 Å². The molecule has 0 unspecified atom stereocenters. The maximum absolute atomic E-state index is 5.43. The number of nitrogens with one attached hydrogen (secondary N) is 2. The average molecular weight is 442 g/mol. The third-order valence-electron chi connectivity index (χ3n) is 5.68. The molecule has 4 aromatic rings. The Morgan fingerprint density at radius 1 is 1.06 bits per heavy atom. The molecule has 0 amide bonds. The lowest BCUT2D eigenvalue weighted by Crippen LogP contribution is -2.10. The molecular formula is C27H31N5O. The number of nitrogens with zero attached hydrogens (tertiary/aromatic N) is 3. The third kappa shape index (κ3) is 5.22. The summed E-state index contributed by atoms with van der Waals surface area (Å²) in [4.78, 5) is 9.07. The molecule has 0 fully saturated rings. The van der Waals surface area contributed by atoms with Crippen LogP contribution in [-0.4, -0.2) is 15.1 Å². The molecule has 2 N–H and O–H groups in total. The number of fused-ring (bicyclic) bond motifs is 1. The Labute approximate surface area is 195 Å². The van der Waals surface area contributed by atoms with E-state index in [4.69, 9.17) is 4.52 Å². The Bertz CT molecular complexity index is 1300. The maximum atomic E-state index is 5.43. The van der Waals surface area contributed by atoms with Crippen LogP contribution in [0.3, 0.4) is 0 Å². The van der Waals surface area contributed by atoms with Crippen molar-refractivity contribution in [2.24, 2.45) is 0 Å². The first-order valence-corrected chi connectivity index (χ1v) is 11.2. The zero-order chi connectivity index (χ0) is 23.6. The predicted molar refractivity (Wildman–Crippen MR) is 134 cm³/mol. The van der Waals surface area contributed by atoms with Gasteiger partial charge in [-0.15, -0.1) is 0 Å². The van der Waals surface area contributed by atoms with Crippen molar-refractivity contribution in [1.82, 2.24) is 15.1 Å². The number of anilines is 2. The zero-order valence-corrected chi connectivity index (χ0v) is 20.0. The molecule has 6 nitrogen and oxygen atoms in total. The molecule has 0 radical (unpaired) electrons. The Hall–Kier alpha value is -3.67. The van der Waals surface area contributed by atoms with Crippen LogP contribution in [0.15, 0.2) is 65.7 Å². The highest BCUT2D eigenvalue weighted by molar-refractivity contribution is 5.82. The lowest BCUT2D eigenvalue weighted by Gasteiger charge is -2.13. The van der Waals surface area contributed by atoms with Crippen LogP contribution in [0.2, 0.25) is 0 Å². The first-order valence-electron chi connectivity index (χ1n) is 11.2. The normalized spacial score (nSPS) is 11.5. The van der Waals surface area contributed by atoms with Crippen LogP contribution in [0.1, 0.15) is 55.8 Å². The van der Waals surface area contributed by atoms with E-state index < -0.39 is 0 Å². The van der Waals surface area contributed by atoms with E-state index in [1.165, 1.54) is 11.1 Å². The summed E-state index contributed by atoms with van der Waals surface area (Å²) >= 11 is 0. The molecule has 0 aliphatic heterocycles. The molecule has 33 heavy (non-hydrogen) atoms. The first kappa shape index (κ1) is 22.5. The molecule has 0 atom stereocenters. The average Bonchev–Trinajstić information content (AvgIpc) is 3.22. The van der Waals surface area contributed by atoms with Crippen molar-refractivity contribution < 1.29 is 4.52 Å². The minimum Gasteiger partial charge on any atom is -0.359 e. The van der Waals surface area contributed by atoms with Gasteiger partial charge in [-0.05, 0) is 54.3 Å². The molecule has 6 heteroatoms. The number of hydrogen-bond donors (Lipinski definition) is 2. The highest BCUT2D eigenvalue weighted by atomic mass is 16.5. The van der Waals surface area contributed by atoms with E-state index in [1.807, 2.05) is 18.2 Å². The van der Waals surface area contributed by atoms with Gasteiger partial charge in [0.25, 0.3) is 0 Å². The highest BCUT2D eigenvalue weighted by Gasteiger charge is 2.19. The van der Waals surface area contributed by atoms with Crippen molar-refractivity contribution in [2.45, 2.75) is 52.9 Å². The lowest BCUT2D eigenvalue weighted by atomic mass is 9.93. The van der Waals surface area contributed by atoms with Crippen LogP contribution < -0.4 is 10.6 Å². The van der Waals surface area contributed by atoms with Gasteiger partial charge in [0.2, 0.25) is 0 Å². The summed E-state index contributed by atoms with van der Waals surface area (Å²) in [5.74, 6) is 2.07. The number of aromatic nitrogens is 3. The van der Waals surface area contributed by atoms with Gasteiger partial charge in [0.05, 0.1) is 11.2 Å². The highest BCUT2D eigenvalue weighted by Crippen LogP contribution is 2.26. The Balaban J connectivity index is 1.49. The molecule has 0 bridgehead atoms. The van der Waals surface area contributed by atoms with Crippen LogP contribution in [0.5, 0.6) is 0 Å². The Morgan fingerprint density at radius 2 is 1.88 bits per heavy atom. The number of hydrogen-bond acceptors (Lipinski definition) is 6. The minimum absolute atomic E-state index is 0.0994. The van der Waals surface area contributed by atoms with Gasteiger partial charge in [-0.3, -0.25) is 0 Å². The van der Waals surface area contributed by atoms with Crippen LogP contribution >= 0.6 is 0 Å². The van der Waals surface area contributed by atoms with Gasteiger partial charge in [0.1, 0.15) is 17.9 Å². The fraction of sp³-hybridized carbons (Fsp3) is 0.296. The van der Waals surface area contributed by atoms with Crippen molar-refractivity contribution in [1.29, 1.82) is 0 Å². The van der Waals surface area contributed by atoms with E-state index in [0.717, 1.165) is 46.4 Å². The van der Waals surface area contributed by atoms with E-state index in [9.17, 15) is 0 Å². The molecular weight excluding hydrogens is 410 g/mol. The second-order valence-corrected chi connectivity index (χ2v) is 9.40. The van der Waals surface area contributed by atoms with Crippen molar-refractivity contribution in [3.8, 4) is 0 Å². The van der Waals surface area contributed by atoms with Gasteiger partial charge in [-0.1, -0.05) is 51.6 Å². The first-order chi connectivity index (χ1) is 15.7. The summed E-state index contributed by atoms with van der Waals surface area (Å²) in [6.45, 7) is 14.6. The second kappa shape index (κ2) is 9.06. The summed E-state index contributed by atoms with van der Waals surface area (Å²) < 4.78 is 5.43. The van der Waals surface area contributed by atoms with Gasteiger partial charge in [0.15, 0.2) is 5.82 Å². The minimum atomic E-state index is -0.0994. The second-order valence-electron chi connectivity index (χ2n) is 9.40. The summed E-state index contributed by atoms with van der Waals surface area (Å²) in [6, 6.07) is 14.5. The SMILES string of the molecule is C=C(Nc1cccc(Cc2ncnc3cc(C)c(CC)cc23)c1)Nc1cc(C(C)(C)C)on1. The fourth-order valence-corrected chi connectivity index (χ4v) is 3.83. The third-order valence-corrected chi connectivity index (χ3v) is 5.68. The van der Waals surface area contributed by atoms with E-state index in [1.54, 1.807) is 6.33 Å². The summed E-state index contributed by atoms with van der Waals surface area (Å²) in [6.07, 6.45) is 3.37. The van der Waals surface area contributed by atoms with Crippen molar-refractivity contribution in [3.05, 3.63) is 89.3 Å². The molecule has 2 aromatic carbocycles. The maximum Gasteiger partial charge on any atom is 0.175 e. The molecule has 4 rings (SSSR count). The molecule has 0 aliphatic rings. The lowest BCUT2D eigenvalue weighted by molar-refractivity contribution is 0.331. The summed E-state index contributed by atoms with van der Waals surface area (Å²) in [5, 5.41) is 11.7. The van der Waals surface area contributed by atoms with Crippen molar-refractivity contribution in [3.63, 3.8) is 0 Å². The Kier molecular flexibility index (Phi) is 6.18. The van der Waals surface area contributed by atoms with E-state index in [2.05, 4.69) is 91.2 Å². The van der Waals surface area contributed by atoms with E-state index in [-0.39, 0.29) is 5.41 Å². The monoisotopic (exact) mass is 441 g/mol. The summed E-state index contributed by atoms with van der Waals surface area (Å²) in [5.41, 5.74) is 6.62. The standard InChI is InChI=1S/C27H31N5O/c1-7-20-14-22-23(11-17(20)2)28-16-29-24(22)13-19-9-8-10-21(12-19)30-18(3)31-26-15-25(33-32-26)27(4,5)6/h8-12,14-16,30H,3,7,13H2,1-2,4-6H3,(H,31,32). The van der Waals surface area contributed by atoms with Gasteiger partial charge >= 0.3 is 0 Å². The molecule has 0 spiro atoms. The molecule has 2 heterocycles. The molecule has 0 saturated carbocycles. The molecule has 0 saturated heterocycles. The molecule has 170 valence electrons. The quantitative estimate of drug-likeness (QED) is 0.347. The van der Waals surface area contributed by atoms with E-state index >= 15 is 0 Å². The molecule has 2 aromatic heterocycles. The van der Waals surface area contributed by atoms with Gasteiger partial charge in [-0.25, -0.2) is 9.97 Å². The number of aryl methyl sites for hydroxylation is 2. The fourth-order valence-electron chi connectivity index (χ4n) is 3.83. The van der Waals surface area contributed by atoms with Crippen LogP contribution in [0.25, 0.3) is 10.9 Å².